The minimum Gasteiger partial charge on any atom is -0.313 e. The normalized spacial score (nSPS) is 12.4. The summed E-state index contributed by atoms with van der Waals surface area (Å²) < 4.78 is 0. The van der Waals surface area contributed by atoms with E-state index in [9.17, 15) is 0 Å². The number of fused-ring (bicyclic) bond motifs is 1. The van der Waals surface area contributed by atoms with Crippen LogP contribution in [0.4, 0.5) is 0 Å². The average molecular weight is 276 g/mol. The summed E-state index contributed by atoms with van der Waals surface area (Å²) in [5.74, 6) is 0. The predicted molar refractivity (Wildman–Crippen MR) is 88.3 cm³/mol. The second-order valence-corrected chi connectivity index (χ2v) is 5.32. The van der Waals surface area contributed by atoms with E-state index in [0.29, 0.717) is 6.04 Å². The molecular formula is C19H20N2. The third kappa shape index (κ3) is 3.11. The molecule has 0 aliphatic rings. The van der Waals surface area contributed by atoms with Crippen molar-refractivity contribution < 1.29 is 0 Å². The molecule has 1 unspecified atom stereocenters. The van der Waals surface area contributed by atoms with E-state index in [2.05, 4.69) is 64.9 Å². The Balaban J connectivity index is 1.85. The van der Waals surface area contributed by atoms with Gasteiger partial charge in [-0.05, 0) is 36.4 Å². The van der Waals surface area contributed by atoms with E-state index in [0.717, 1.165) is 12.8 Å². The van der Waals surface area contributed by atoms with Crippen LogP contribution in [0, 0.1) is 0 Å². The maximum Gasteiger partial charge on any atom is 0.0346 e. The van der Waals surface area contributed by atoms with Crippen LogP contribution in [0.1, 0.15) is 23.6 Å². The van der Waals surface area contributed by atoms with E-state index in [1.165, 1.54) is 21.9 Å². The number of hydrogen-bond donors (Lipinski definition) is 1. The lowest BCUT2D eigenvalue weighted by molar-refractivity contribution is 0.551. The first-order valence-corrected chi connectivity index (χ1v) is 7.42. The van der Waals surface area contributed by atoms with Crippen molar-refractivity contribution in [2.45, 2.75) is 18.9 Å². The Morgan fingerprint density at radius 3 is 2.52 bits per heavy atom. The lowest BCUT2D eigenvalue weighted by atomic mass is 9.96. The molecule has 0 spiro atoms. The zero-order valence-corrected chi connectivity index (χ0v) is 12.3. The monoisotopic (exact) mass is 276 g/mol. The number of nitrogens with zero attached hydrogens (tertiary/aromatic N) is 1. The van der Waals surface area contributed by atoms with Gasteiger partial charge in [0.05, 0.1) is 0 Å². The topological polar surface area (TPSA) is 24.9 Å². The number of hydrogen-bond acceptors (Lipinski definition) is 2. The number of nitrogens with one attached hydrogen (secondary N) is 1. The Bertz CT molecular complexity index is 702. The fourth-order valence-electron chi connectivity index (χ4n) is 2.83. The van der Waals surface area contributed by atoms with Gasteiger partial charge in [-0.3, -0.25) is 4.98 Å². The summed E-state index contributed by atoms with van der Waals surface area (Å²) >= 11 is 0. The molecule has 21 heavy (non-hydrogen) atoms. The van der Waals surface area contributed by atoms with Crippen molar-refractivity contribution in [3.63, 3.8) is 0 Å². The minimum atomic E-state index is 0.323. The highest BCUT2D eigenvalue weighted by atomic mass is 14.9. The van der Waals surface area contributed by atoms with Crippen LogP contribution in [-0.2, 0) is 6.42 Å². The highest BCUT2D eigenvalue weighted by Gasteiger charge is 2.12. The molecule has 0 aliphatic carbocycles. The summed E-state index contributed by atoms with van der Waals surface area (Å²) in [7, 11) is 2.03. The van der Waals surface area contributed by atoms with Crippen LogP contribution in [0.5, 0.6) is 0 Å². The van der Waals surface area contributed by atoms with Crippen LogP contribution in [0.3, 0.4) is 0 Å². The van der Waals surface area contributed by atoms with Gasteiger partial charge in [0.2, 0.25) is 0 Å². The Morgan fingerprint density at radius 2 is 1.71 bits per heavy atom. The van der Waals surface area contributed by atoms with Gasteiger partial charge in [0.15, 0.2) is 0 Å². The Labute approximate surface area is 125 Å². The van der Waals surface area contributed by atoms with E-state index in [-0.39, 0.29) is 0 Å². The van der Waals surface area contributed by atoms with Gasteiger partial charge in [0.1, 0.15) is 0 Å². The van der Waals surface area contributed by atoms with Crippen molar-refractivity contribution >= 4 is 10.8 Å². The van der Waals surface area contributed by atoms with E-state index in [4.69, 9.17) is 0 Å². The van der Waals surface area contributed by atoms with E-state index < -0.39 is 0 Å². The van der Waals surface area contributed by atoms with Crippen molar-refractivity contribution in [2.24, 2.45) is 0 Å². The van der Waals surface area contributed by atoms with Gasteiger partial charge >= 0.3 is 0 Å². The smallest absolute Gasteiger partial charge is 0.0346 e. The lowest BCUT2D eigenvalue weighted by Gasteiger charge is -2.18. The third-order valence-corrected chi connectivity index (χ3v) is 3.99. The number of benzene rings is 2. The minimum absolute atomic E-state index is 0.323. The molecule has 1 atom stereocenters. The van der Waals surface area contributed by atoms with Gasteiger partial charge in [-0.2, -0.15) is 0 Å². The predicted octanol–water partition coefficient (Wildman–Crippen LogP) is 4.13. The van der Waals surface area contributed by atoms with Crippen LogP contribution in [0.25, 0.3) is 10.8 Å². The second kappa shape index (κ2) is 6.51. The molecule has 0 saturated heterocycles. The quantitative estimate of drug-likeness (QED) is 0.758. The Morgan fingerprint density at radius 1 is 0.952 bits per heavy atom. The van der Waals surface area contributed by atoms with Gasteiger partial charge in [-0.25, -0.2) is 0 Å². The molecule has 1 heterocycles. The summed E-state index contributed by atoms with van der Waals surface area (Å²) in [4.78, 5) is 4.40. The van der Waals surface area contributed by atoms with Crippen molar-refractivity contribution in [1.29, 1.82) is 0 Å². The molecule has 0 saturated carbocycles. The molecule has 0 radical (unpaired) electrons. The number of aryl methyl sites for hydroxylation is 1. The molecule has 106 valence electrons. The van der Waals surface area contributed by atoms with E-state index in [1.807, 2.05) is 19.4 Å². The van der Waals surface area contributed by atoms with Gasteiger partial charge in [0.25, 0.3) is 0 Å². The number of rotatable bonds is 5. The molecule has 0 fully saturated rings. The van der Waals surface area contributed by atoms with Crippen molar-refractivity contribution in [1.82, 2.24) is 10.3 Å². The molecule has 3 aromatic rings. The SMILES string of the molecule is CNC(CCc1ccccc1)c1cncc2ccccc12. The first-order chi connectivity index (χ1) is 10.4. The molecule has 2 heteroatoms. The van der Waals surface area contributed by atoms with Crippen molar-refractivity contribution in [3.8, 4) is 0 Å². The lowest BCUT2D eigenvalue weighted by Crippen LogP contribution is -2.17. The zero-order valence-electron chi connectivity index (χ0n) is 12.3. The van der Waals surface area contributed by atoms with Crippen LogP contribution in [0.2, 0.25) is 0 Å². The highest BCUT2D eigenvalue weighted by Crippen LogP contribution is 2.26. The Hall–Kier alpha value is -2.19. The van der Waals surface area contributed by atoms with Crippen molar-refractivity contribution in [3.05, 3.63) is 78.1 Å². The largest absolute Gasteiger partial charge is 0.313 e. The van der Waals surface area contributed by atoms with E-state index in [1.54, 1.807) is 0 Å². The highest BCUT2D eigenvalue weighted by molar-refractivity contribution is 5.85. The second-order valence-electron chi connectivity index (χ2n) is 5.32. The molecule has 1 N–H and O–H groups in total. The summed E-state index contributed by atoms with van der Waals surface area (Å²) in [5, 5.41) is 5.94. The summed E-state index contributed by atoms with van der Waals surface area (Å²) in [6.07, 6.45) is 6.06. The van der Waals surface area contributed by atoms with Gasteiger partial charge in [0, 0.05) is 23.8 Å². The van der Waals surface area contributed by atoms with Crippen LogP contribution in [0.15, 0.2) is 67.0 Å². The molecule has 2 nitrogen and oxygen atoms in total. The van der Waals surface area contributed by atoms with Crippen LogP contribution >= 0.6 is 0 Å². The van der Waals surface area contributed by atoms with Crippen LogP contribution < -0.4 is 5.32 Å². The van der Waals surface area contributed by atoms with E-state index >= 15 is 0 Å². The van der Waals surface area contributed by atoms with Crippen LogP contribution in [-0.4, -0.2) is 12.0 Å². The summed E-state index contributed by atoms with van der Waals surface area (Å²) in [6.45, 7) is 0. The summed E-state index contributed by atoms with van der Waals surface area (Å²) in [6, 6.07) is 19.4. The third-order valence-electron chi connectivity index (χ3n) is 3.99. The van der Waals surface area contributed by atoms with Crippen molar-refractivity contribution in [2.75, 3.05) is 7.05 Å². The van der Waals surface area contributed by atoms with Gasteiger partial charge in [-0.1, -0.05) is 54.6 Å². The Kier molecular flexibility index (Phi) is 4.27. The molecule has 2 aromatic carbocycles. The first-order valence-electron chi connectivity index (χ1n) is 7.42. The van der Waals surface area contributed by atoms with Gasteiger partial charge in [-0.15, -0.1) is 0 Å². The number of aromatic nitrogens is 1. The fraction of sp³-hybridized carbons (Fsp3) is 0.211. The molecule has 0 bridgehead atoms. The zero-order chi connectivity index (χ0) is 14.5. The number of pyridine rings is 1. The average Bonchev–Trinajstić information content (AvgIpc) is 2.56. The molecule has 3 rings (SSSR count). The maximum atomic E-state index is 4.40. The summed E-state index contributed by atoms with van der Waals surface area (Å²) in [5.41, 5.74) is 2.66. The fourth-order valence-corrected chi connectivity index (χ4v) is 2.83. The maximum absolute atomic E-state index is 4.40. The van der Waals surface area contributed by atoms with Gasteiger partial charge < -0.3 is 5.32 Å². The molecule has 0 amide bonds. The molecular weight excluding hydrogens is 256 g/mol. The first kappa shape index (κ1) is 13.8. The molecule has 0 aliphatic heterocycles. The molecule has 1 aromatic heterocycles. The standard InChI is InChI=1S/C19H20N2/c1-20-19(12-11-15-7-3-2-4-8-15)18-14-21-13-16-9-5-6-10-17(16)18/h2-10,13-14,19-20H,11-12H2,1H3.